The van der Waals surface area contributed by atoms with Crippen LogP contribution in [0.15, 0.2) is 24.3 Å². The second-order valence-electron chi connectivity index (χ2n) is 16.4. The van der Waals surface area contributed by atoms with Crippen LogP contribution in [-0.2, 0) is 30.3 Å². The zero-order chi connectivity index (χ0) is 35.5. The highest BCUT2D eigenvalue weighted by Crippen LogP contribution is 2.34. The van der Waals surface area contributed by atoms with Gasteiger partial charge in [0.05, 0.1) is 12.1 Å². The van der Waals surface area contributed by atoms with Gasteiger partial charge in [-0.1, -0.05) is 65.3 Å². The number of carbonyl (C=O) groups excluding carboxylic acids is 4. The first-order valence-corrected chi connectivity index (χ1v) is 18.9. The molecule has 272 valence electrons. The van der Waals surface area contributed by atoms with Gasteiger partial charge >= 0.3 is 5.97 Å². The molecule has 0 saturated carbocycles. The first-order valence-electron chi connectivity index (χ1n) is 18.9. The van der Waals surface area contributed by atoms with E-state index in [1.165, 1.54) is 5.56 Å². The van der Waals surface area contributed by atoms with Gasteiger partial charge in [-0.3, -0.25) is 24.2 Å². The van der Waals surface area contributed by atoms with Crippen molar-refractivity contribution in [3.63, 3.8) is 0 Å². The van der Waals surface area contributed by atoms with Crippen molar-refractivity contribution >= 4 is 23.7 Å². The van der Waals surface area contributed by atoms with E-state index >= 15 is 0 Å². The maximum Gasteiger partial charge on any atom is 0.329 e. The number of benzene rings is 1. The average molecular weight is 680 g/mol. The molecule has 10 nitrogen and oxygen atoms in total. The lowest BCUT2D eigenvalue weighted by Crippen LogP contribution is -2.61. The molecule has 6 atom stereocenters. The predicted octanol–water partition coefficient (Wildman–Crippen LogP) is 4.56. The fraction of sp³-hybridized carbons (Fsp3) is 0.744. The van der Waals surface area contributed by atoms with Gasteiger partial charge in [0, 0.05) is 26.2 Å². The van der Waals surface area contributed by atoms with Crippen LogP contribution in [0.25, 0.3) is 0 Å². The van der Waals surface area contributed by atoms with Crippen molar-refractivity contribution in [2.75, 3.05) is 40.3 Å². The molecule has 10 heteroatoms. The van der Waals surface area contributed by atoms with E-state index in [4.69, 9.17) is 4.74 Å². The monoisotopic (exact) mass is 679 g/mol. The fourth-order valence-electron chi connectivity index (χ4n) is 8.52. The molecule has 3 amide bonds. The third-order valence-corrected chi connectivity index (χ3v) is 11.5. The molecule has 3 fully saturated rings. The van der Waals surface area contributed by atoms with Crippen LogP contribution in [0.4, 0.5) is 0 Å². The molecule has 1 aliphatic carbocycles. The van der Waals surface area contributed by atoms with Crippen molar-refractivity contribution in [2.24, 2.45) is 11.3 Å². The lowest BCUT2D eigenvalue weighted by Gasteiger charge is -2.41. The second-order valence-corrected chi connectivity index (χ2v) is 16.4. The van der Waals surface area contributed by atoms with Gasteiger partial charge in [0.2, 0.25) is 17.7 Å². The maximum absolute atomic E-state index is 14.2. The number of carbonyl (C=O) groups is 4. The molecule has 3 saturated heterocycles. The number of piperidine rings is 1. The third kappa shape index (κ3) is 8.50. The molecule has 0 spiro atoms. The van der Waals surface area contributed by atoms with Crippen molar-refractivity contribution in [1.82, 2.24) is 24.9 Å². The van der Waals surface area contributed by atoms with E-state index in [1.54, 1.807) is 4.90 Å². The van der Waals surface area contributed by atoms with Gasteiger partial charge in [-0.2, -0.15) is 0 Å². The summed E-state index contributed by atoms with van der Waals surface area (Å²) >= 11 is 0. The molecule has 0 radical (unpaired) electrons. The largest absolute Gasteiger partial charge is 0.456 e. The molecule has 4 aliphatic rings. The Bertz CT molecular complexity index is 1340. The summed E-state index contributed by atoms with van der Waals surface area (Å²) in [5.41, 5.74) is 1.85. The summed E-state index contributed by atoms with van der Waals surface area (Å²) in [5, 5.41) is 3.15. The zero-order valence-corrected chi connectivity index (χ0v) is 31.1. The van der Waals surface area contributed by atoms with E-state index < -0.39 is 17.5 Å². The van der Waals surface area contributed by atoms with Crippen molar-refractivity contribution in [3.05, 3.63) is 35.4 Å². The number of hydrogen-bond acceptors (Lipinski definition) is 7. The highest BCUT2D eigenvalue weighted by Gasteiger charge is 2.44. The molecule has 49 heavy (non-hydrogen) atoms. The molecule has 3 aliphatic heterocycles. The van der Waals surface area contributed by atoms with Gasteiger partial charge in [-0.25, -0.2) is 4.79 Å². The minimum atomic E-state index is -0.676. The number of nitrogens with one attached hydrogen (secondary N) is 1. The van der Waals surface area contributed by atoms with Gasteiger partial charge < -0.3 is 19.9 Å². The molecule has 5 rings (SSSR count). The second kappa shape index (κ2) is 15.9. The van der Waals surface area contributed by atoms with Crippen LogP contribution in [-0.4, -0.2) is 114 Å². The summed E-state index contributed by atoms with van der Waals surface area (Å²) in [5.74, 6) is -0.363. The number of esters is 1. The molecular weight excluding hydrogens is 618 g/mol. The topological polar surface area (TPSA) is 103 Å². The Morgan fingerprint density at radius 1 is 0.898 bits per heavy atom. The Kier molecular flexibility index (Phi) is 12.1. The molecule has 3 heterocycles. The number of fused-ring (bicyclic) bond motifs is 1. The van der Waals surface area contributed by atoms with Crippen LogP contribution in [0.1, 0.15) is 110 Å². The number of rotatable bonds is 10. The number of aryl methyl sites for hydroxylation is 1. The van der Waals surface area contributed by atoms with Gasteiger partial charge in [0.25, 0.3) is 0 Å². The van der Waals surface area contributed by atoms with Crippen LogP contribution < -0.4 is 5.32 Å². The van der Waals surface area contributed by atoms with Gasteiger partial charge in [0.15, 0.2) is 0 Å². The molecule has 1 aromatic rings. The van der Waals surface area contributed by atoms with Crippen molar-refractivity contribution in [3.8, 4) is 0 Å². The summed E-state index contributed by atoms with van der Waals surface area (Å²) in [7, 11) is 3.82. The summed E-state index contributed by atoms with van der Waals surface area (Å²) in [6.07, 6.45) is 8.42. The molecule has 0 aromatic heterocycles. The smallest absolute Gasteiger partial charge is 0.329 e. The molecule has 1 N–H and O–H groups in total. The standard InChI is InChI=1S/C39H61N5O5/c1-26(2)32(42(7)37(47)34(39(3,4)5)40-35(45)29-18-10-11-22-41(29)6)25-43-23-13-19-30(43)36(46)44-24-14-20-31(44)38(48)49-33-21-12-16-27-15-8-9-17-28(27)33/h8-9,15,17,26,29-34H,10-14,16,18-25H2,1-7H3,(H,40,45)/t29-,30+,31?,32-,33?,34-/m1/s1. The normalized spacial score (nSPS) is 26.2. The van der Waals surface area contributed by atoms with Crippen LogP contribution >= 0.6 is 0 Å². The van der Waals surface area contributed by atoms with E-state index in [0.29, 0.717) is 19.5 Å². The van der Waals surface area contributed by atoms with Crippen molar-refractivity contribution < 1.29 is 23.9 Å². The first-order chi connectivity index (χ1) is 23.3. The molecule has 0 bridgehead atoms. The minimum Gasteiger partial charge on any atom is -0.456 e. The first kappa shape index (κ1) is 37.3. The van der Waals surface area contributed by atoms with Crippen LogP contribution in [0.3, 0.4) is 0 Å². The van der Waals surface area contributed by atoms with Crippen molar-refractivity contribution in [2.45, 2.75) is 135 Å². The number of likely N-dealkylation sites (tertiary alicyclic amines) is 3. The number of ether oxygens (including phenoxy) is 1. The number of likely N-dealkylation sites (N-methyl/N-ethyl adjacent to an activating group) is 2. The summed E-state index contributed by atoms with van der Waals surface area (Å²) in [6, 6.07) is 6.23. The summed E-state index contributed by atoms with van der Waals surface area (Å²) < 4.78 is 6.12. The van der Waals surface area contributed by atoms with E-state index in [9.17, 15) is 19.2 Å². The van der Waals surface area contributed by atoms with Crippen molar-refractivity contribution in [1.29, 1.82) is 0 Å². The van der Waals surface area contributed by atoms with E-state index in [0.717, 1.165) is 76.4 Å². The van der Waals surface area contributed by atoms with E-state index in [-0.39, 0.29) is 53.8 Å². The Hall–Kier alpha value is -2.98. The maximum atomic E-state index is 14.2. The highest BCUT2D eigenvalue weighted by atomic mass is 16.5. The number of hydrogen-bond donors (Lipinski definition) is 1. The number of nitrogens with zero attached hydrogens (tertiary/aromatic N) is 4. The fourth-order valence-corrected chi connectivity index (χ4v) is 8.52. The summed E-state index contributed by atoms with van der Waals surface area (Å²) in [6.45, 7) is 13.0. The predicted molar refractivity (Wildman–Crippen MR) is 191 cm³/mol. The molecule has 2 unspecified atom stereocenters. The highest BCUT2D eigenvalue weighted by molar-refractivity contribution is 5.91. The zero-order valence-electron chi connectivity index (χ0n) is 31.1. The lowest BCUT2D eigenvalue weighted by atomic mass is 9.84. The van der Waals surface area contributed by atoms with Crippen LogP contribution in [0, 0.1) is 11.3 Å². The SMILES string of the molecule is CC(C)[C@@H](CN1CCC[C@H]1C(=O)N1CCCC1C(=O)OC1CCCc2ccccc21)N(C)C(=O)[C@@H](NC(=O)[C@H]1CCCCN1C)C(C)(C)C. The van der Waals surface area contributed by atoms with Crippen LogP contribution in [0.5, 0.6) is 0 Å². The Balaban J connectivity index is 1.25. The third-order valence-electron chi connectivity index (χ3n) is 11.5. The molecular formula is C39H61N5O5. The van der Waals surface area contributed by atoms with Gasteiger partial charge in [0.1, 0.15) is 18.2 Å². The molecule has 1 aromatic carbocycles. The number of amides is 3. The quantitative estimate of drug-likeness (QED) is 0.362. The van der Waals surface area contributed by atoms with E-state index in [1.807, 2.05) is 51.9 Å². The lowest BCUT2D eigenvalue weighted by molar-refractivity contribution is -0.160. The van der Waals surface area contributed by atoms with E-state index in [2.05, 4.69) is 41.1 Å². The Morgan fingerprint density at radius 3 is 2.31 bits per heavy atom. The van der Waals surface area contributed by atoms with Crippen LogP contribution in [0.2, 0.25) is 0 Å². The van der Waals surface area contributed by atoms with Gasteiger partial charge in [-0.05, 0) is 100 Å². The summed E-state index contributed by atoms with van der Waals surface area (Å²) in [4.78, 5) is 63.4. The average Bonchev–Trinajstić information content (AvgIpc) is 3.75. The Morgan fingerprint density at radius 2 is 1.59 bits per heavy atom. The Labute approximate surface area is 294 Å². The minimum absolute atomic E-state index is 0.00564. The van der Waals surface area contributed by atoms with Gasteiger partial charge in [-0.15, -0.1) is 0 Å².